The van der Waals surface area contributed by atoms with Gasteiger partial charge in [-0.3, -0.25) is 4.79 Å². The molecule has 9 heteroatoms. The molecule has 0 aliphatic carbocycles. The summed E-state index contributed by atoms with van der Waals surface area (Å²) < 4.78 is 32.9. The third-order valence-corrected chi connectivity index (χ3v) is 7.59. The lowest BCUT2D eigenvalue weighted by Gasteiger charge is -2.24. The van der Waals surface area contributed by atoms with E-state index in [1.165, 1.54) is 10.4 Å². The van der Waals surface area contributed by atoms with Crippen molar-refractivity contribution in [2.45, 2.75) is 31.6 Å². The largest absolute Gasteiger partial charge is 0.482 e. The Hall–Kier alpha value is -2.29. The molecule has 1 heterocycles. The van der Waals surface area contributed by atoms with E-state index in [-0.39, 0.29) is 11.5 Å². The maximum atomic E-state index is 13.0. The Labute approximate surface area is 189 Å². The van der Waals surface area contributed by atoms with Crippen molar-refractivity contribution in [3.05, 3.63) is 47.5 Å². The van der Waals surface area contributed by atoms with Crippen molar-refractivity contribution in [3.8, 4) is 5.75 Å². The van der Waals surface area contributed by atoms with Crippen molar-refractivity contribution < 1.29 is 17.9 Å². The Bertz CT molecular complexity index is 1020. The third-order valence-electron chi connectivity index (χ3n) is 5.23. The summed E-state index contributed by atoms with van der Waals surface area (Å²) in [5, 5.41) is 3.25. The highest BCUT2D eigenvalue weighted by Gasteiger charge is 2.25. The summed E-state index contributed by atoms with van der Waals surface area (Å²) in [6, 6.07) is 11.8. The lowest BCUT2D eigenvalue weighted by atomic mass is 10.2. The van der Waals surface area contributed by atoms with Gasteiger partial charge in [-0.2, -0.15) is 4.31 Å². The first-order valence-corrected chi connectivity index (χ1v) is 12.2. The Morgan fingerprint density at radius 2 is 1.81 bits per heavy atom. The second-order valence-electron chi connectivity index (χ2n) is 7.23. The number of nitrogens with zero attached hydrogens (tertiary/aromatic N) is 2. The van der Waals surface area contributed by atoms with Gasteiger partial charge in [0.15, 0.2) is 6.61 Å². The van der Waals surface area contributed by atoms with Crippen LogP contribution in [-0.4, -0.2) is 51.4 Å². The van der Waals surface area contributed by atoms with Crippen molar-refractivity contribution in [1.29, 1.82) is 0 Å². The second kappa shape index (κ2) is 10.3. The van der Waals surface area contributed by atoms with Gasteiger partial charge in [-0.05, 0) is 43.2 Å². The molecule has 3 rings (SSSR count). The van der Waals surface area contributed by atoms with Crippen LogP contribution in [0.25, 0.3) is 0 Å². The van der Waals surface area contributed by atoms with Crippen LogP contribution in [-0.2, 0) is 14.8 Å². The lowest BCUT2D eigenvalue weighted by molar-refractivity contribution is -0.118. The molecule has 0 aromatic heterocycles. The van der Waals surface area contributed by atoms with E-state index < -0.39 is 15.9 Å². The predicted octanol–water partition coefficient (Wildman–Crippen LogP) is 3.99. The molecule has 2 aromatic rings. The number of sulfonamides is 1. The summed E-state index contributed by atoms with van der Waals surface area (Å²) in [5.74, 6) is 0.0229. The van der Waals surface area contributed by atoms with Crippen LogP contribution in [0.1, 0.15) is 26.7 Å². The molecule has 7 nitrogen and oxygen atoms in total. The number of carbonyl (C=O) groups is 1. The van der Waals surface area contributed by atoms with Crippen LogP contribution in [0.15, 0.2) is 47.4 Å². The van der Waals surface area contributed by atoms with E-state index in [1.54, 1.807) is 50.2 Å². The zero-order valence-electron chi connectivity index (χ0n) is 17.8. The average molecular weight is 466 g/mol. The summed E-state index contributed by atoms with van der Waals surface area (Å²) in [5.41, 5.74) is 1.27. The van der Waals surface area contributed by atoms with Crippen molar-refractivity contribution in [3.63, 3.8) is 0 Å². The summed E-state index contributed by atoms with van der Waals surface area (Å²) in [6.07, 6.45) is 2.12. The van der Waals surface area contributed by atoms with E-state index >= 15 is 0 Å². The van der Waals surface area contributed by atoms with Crippen LogP contribution in [0.3, 0.4) is 0 Å². The molecule has 31 heavy (non-hydrogen) atoms. The van der Waals surface area contributed by atoms with Gasteiger partial charge in [0.25, 0.3) is 5.91 Å². The van der Waals surface area contributed by atoms with Gasteiger partial charge in [-0.15, -0.1) is 0 Å². The summed E-state index contributed by atoms with van der Waals surface area (Å²) >= 11 is 6.07. The van der Waals surface area contributed by atoms with E-state index in [9.17, 15) is 13.2 Å². The molecular formula is C22H28ClN3O4S. The Morgan fingerprint density at radius 3 is 2.45 bits per heavy atom. The minimum absolute atomic E-state index is 0.154. The number of para-hydroxylation sites is 1. The third kappa shape index (κ3) is 5.50. The van der Waals surface area contributed by atoms with Crippen molar-refractivity contribution in [2.24, 2.45) is 0 Å². The molecule has 168 valence electrons. The van der Waals surface area contributed by atoms with Gasteiger partial charge < -0.3 is 15.0 Å². The van der Waals surface area contributed by atoms with E-state index in [2.05, 4.69) is 10.2 Å². The Balaban J connectivity index is 1.85. The first-order valence-electron chi connectivity index (χ1n) is 10.4. The lowest BCUT2D eigenvalue weighted by Crippen LogP contribution is -2.31. The topological polar surface area (TPSA) is 79.0 Å². The second-order valence-corrected chi connectivity index (χ2v) is 9.57. The summed E-state index contributed by atoms with van der Waals surface area (Å²) in [4.78, 5) is 14.9. The fraction of sp³-hybridized carbons (Fsp3) is 0.409. The smallest absolute Gasteiger partial charge is 0.262 e. The first kappa shape index (κ1) is 23.4. The SMILES string of the molecule is CCN(CC)S(=O)(=O)c1ccc(N2CCCC2)c(NC(=O)COc2ccccc2Cl)c1. The summed E-state index contributed by atoms with van der Waals surface area (Å²) in [6.45, 7) is 5.83. The van der Waals surface area contributed by atoms with Crippen LogP contribution in [0.4, 0.5) is 11.4 Å². The van der Waals surface area contributed by atoms with Crippen LogP contribution in [0, 0.1) is 0 Å². The van der Waals surface area contributed by atoms with Gasteiger partial charge in [-0.25, -0.2) is 8.42 Å². The Morgan fingerprint density at radius 1 is 1.13 bits per heavy atom. The quantitative estimate of drug-likeness (QED) is 0.605. The highest BCUT2D eigenvalue weighted by molar-refractivity contribution is 7.89. The maximum absolute atomic E-state index is 13.0. The fourth-order valence-electron chi connectivity index (χ4n) is 3.61. The van der Waals surface area contributed by atoms with Crippen molar-refractivity contribution >= 4 is 38.9 Å². The molecule has 1 aliphatic rings. The highest BCUT2D eigenvalue weighted by atomic mass is 35.5. The van der Waals surface area contributed by atoms with Crippen molar-refractivity contribution in [2.75, 3.05) is 43.0 Å². The number of carbonyl (C=O) groups excluding carboxylic acids is 1. The molecule has 0 atom stereocenters. The van der Waals surface area contributed by atoms with Gasteiger partial charge in [0.05, 0.1) is 21.3 Å². The number of nitrogens with one attached hydrogen (secondary N) is 1. The molecule has 0 bridgehead atoms. The molecule has 1 N–H and O–H groups in total. The molecule has 1 aliphatic heterocycles. The predicted molar refractivity (Wildman–Crippen MR) is 124 cm³/mol. The number of benzene rings is 2. The molecular weight excluding hydrogens is 438 g/mol. The maximum Gasteiger partial charge on any atom is 0.262 e. The monoisotopic (exact) mass is 465 g/mol. The van der Waals surface area contributed by atoms with Gasteiger partial charge in [0.2, 0.25) is 10.0 Å². The number of amides is 1. The average Bonchev–Trinajstić information content (AvgIpc) is 3.28. The molecule has 1 fully saturated rings. The minimum Gasteiger partial charge on any atom is -0.482 e. The van der Waals surface area contributed by atoms with E-state index in [4.69, 9.17) is 16.3 Å². The highest BCUT2D eigenvalue weighted by Crippen LogP contribution is 2.32. The van der Waals surface area contributed by atoms with Crippen LogP contribution in [0.5, 0.6) is 5.75 Å². The number of anilines is 2. The number of halogens is 1. The molecule has 0 unspecified atom stereocenters. The standard InChI is InChI=1S/C22H28ClN3O4S/c1-3-26(4-2)31(28,29)17-11-12-20(25-13-7-8-14-25)19(15-17)24-22(27)16-30-21-10-6-5-9-18(21)23/h5-6,9-12,15H,3-4,7-8,13-14,16H2,1-2H3,(H,24,27). The molecule has 0 radical (unpaired) electrons. The number of ether oxygens (including phenoxy) is 1. The zero-order valence-corrected chi connectivity index (χ0v) is 19.4. The molecule has 1 saturated heterocycles. The van der Waals surface area contributed by atoms with E-state index in [1.807, 2.05) is 0 Å². The van der Waals surface area contributed by atoms with Gasteiger partial charge in [0.1, 0.15) is 5.75 Å². The first-order chi connectivity index (χ1) is 14.9. The van der Waals surface area contributed by atoms with Crippen molar-refractivity contribution in [1.82, 2.24) is 4.31 Å². The van der Waals surface area contributed by atoms with Crippen LogP contribution >= 0.6 is 11.6 Å². The van der Waals surface area contributed by atoms with Gasteiger partial charge in [-0.1, -0.05) is 37.6 Å². The number of hydrogen-bond acceptors (Lipinski definition) is 5. The number of hydrogen-bond donors (Lipinski definition) is 1. The zero-order chi connectivity index (χ0) is 22.4. The molecule has 1 amide bonds. The van der Waals surface area contributed by atoms with E-state index in [0.717, 1.165) is 31.6 Å². The fourth-order valence-corrected chi connectivity index (χ4v) is 5.29. The van der Waals surface area contributed by atoms with E-state index in [0.29, 0.717) is 29.5 Å². The van der Waals surface area contributed by atoms with Gasteiger partial charge >= 0.3 is 0 Å². The van der Waals surface area contributed by atoms with Crippen LogP contribution < -0.4 is 15.0 Å². The van der Waals surface area contributed by atoms with Gasteiger partial charge in [0, 0.05) is 26.2 Å². The molecule has 0 spiro atoms. The normalized spacial score (nSPS) is 14.1. The summed E-state index contributed by atoms with van der Waals surface area (Å²) in [7, 11) is -3.65. The molecule has 2 aromatic carbocycles. The molecule has 0 saturated carbocycles. The number of rotatable bonds is 9. The minimum atomic E-state index is -3.65. The van der Waals surface area contributed by atoms with Crippen LogP contribution in [0.2, 0.25) is 5.02 Å². The Kier molecular flexibility index (Phi) is 7.80.